The molecule has 0 atom stereocenters. The van der Waals surface area contributed by atoms with Crippen LogP contribution in [0.15, 0.2) is 60.7 Å². The average Bonchev–Trinajstić information content (AvgIpc) is 2.58. The summed E-state index contributed by atoms with van der Waals surface area (Å²) < 4.78 is 1.28. The van der Waals surface area contributed by atoms with Crippen molar-refractivity contribution in [3.63, 3.8) is 0 Å². The molecular formula is C20H24N+. The molecule has 0 unspecified atom stereocenters. The van der Waals surface area contributed by atoms with E-state index in [0.29, 0.717) is 6.04 Å². The van der Waals surface area contributed by atoms with E-state index in [1.807, 2.05) is 0 Å². The molecular weight excluding hydrogens is 254 g/mol. The van der Waals surface area contributed by atoms with Crippen LogP contribution in [-0.4, -0.2) is 24.1 Å². The summed E-state index contributed by atoms with van der Waals surface area (Å²) >= 11 is 0. The number of hydrogen-bond donors (Lipinski definition) is 0. The Balaban J connectivity index is 1.80. The standard InChI is InChI=1S/C20H24N/c1-3-7-18(8-4-1)20(19-9-5-2-6-10-19)21-14-11-17(12-15-21)13-16-21/h1-10,17,20H,11-16H2/q+1. The minimum absolute atomic E-state index is 0.522. The van der Waals surface area contributed by atoms with Crippen LogP contribution in [-0.2, 0) is 0 Å². The summed E-state index contributed by atoms with van der Waals surface area (Å²) in [5.74, 6) is 1.01. The van der Waals surface area contributed by atoms with Gasteiger partial charge >= 0.3 is 0 Å². The van der Waals surface area contributed by atoms with E-state index < -0.39 is 0 Å². The summed E-state index contributed by atoms with van der Waals surface area (Å²) in [5, 5.41) is 0. The first-order chi connectivity index (χ1) is 10.4. The second-order valence-electron chi connectivity index (χ2n) is 6.85. The Hall–Kier alpha value is -1.60. The molecule has 2 aromatic carbocycles. The van der Waals surface area contributed by atoms with Crippen LogP contribution in [0.5, 0.6) is 0 Å². The first kappa shape index (κ1) is 13.1. The Morgan fingerprint density at radius 3 is 1.52 bits per heavy atom. The van der Waals surface area contributed by atoms with Crippen LogP contribution in [0.1, 0.15) is 36.4 Å². The molecule has 3 aliphatic heterocycles. The molecule has 0 amide bonds. The zero-order chi connectivity index (χ0) is 14.1. The SMILES string of the molecule is c1ccc(C(c2ccccc2)[N+]23CCC(CC2)CC3)cc1. The van der Waals surface area contributed by atoms with Gasteiger partial charge in [-0.25, -0.2) is 0 Å². The molecule has 108 valence electrons. The first-order valence-corrected chi connectivity index (χ1v) is 8.33. The second kappa shape index (κ2) is 5.31. The topological polar surface area (TPSA) is 0 Å². The summed E-state index contributed by atoms with van der Waals surface area (Å²) in [6.45, 7) is 4.08. The Labute approximate surface area is 127 Å². The van der Waals surface area contributed by atoms with Crippen molar-refractivity contribution in [3.05, 3.63) is 71.8 Å². The maximum atomic E-state index is 2.32. The van der Waals surface area contributed by atoms with Gasteiger partial charge in [0, 0.05) is 11.1 Å². The van der Waals surface area contributed by atoms with Crippen LogP contribution < -0.4 is 0 Å². The molecule has 1 heteroatoms. The van der Waals surface area contributed by atoms with Gasteiger partial charge in [0.15, 0.2) is 0 Å². The smallest absolute Gasteiger partial charge is 0.140 e. The highest BCUT2D eigenvalue weighted by molar-refractivity contribution is 5.30. The predicted molar refractivity (Wildman–Crippen MR) is 86.9 cm³/mol. The van der Waals surface area contributed by atoms with Crippen molar-refractivity contribution in [1.29, 1.82) is 0 Å². The molecule has 0 saturated carbocycles. The van der Waals surface area contributed by atoms with Gasteiger partial charge in [-0.05, 0) is 25.2 Å². The fourth-order valence-electron chi connectivity index (χ4n) is 4.57. The number of quaternary nitrogens is 1. The number of hydrogen-bond acceptors (Lipinski definition) is 0. The van der Waals surface area contributed by atoms with Crippen molar-refractivity contribution < 1.29 is 4.48 Å². The molecule has 0 aromatic heterocycles. The monoisotopic (exact) mass is 278 g/mol. The molecule has 0 N–H and O–H groups in total. The van der Waals surface area contributed by atoms with Gasteiger partial charge in [-0.1, -0.05) is 60.7 Å². The number of piperidine rings is 3. The van der Waals surface area contributed by atoms with Crippen LogP contribution in [0.2, 0.25) is 0 Å². The molecule has 0 spiro atoms. The van der Waals surface area contributed by atoms with Crippen LogP contribution >= 0.6 is 0 Å². The van der Waals surface area contributed by atoms with E-state index >= 15 is 0 Å². The molecule has 2 bridgehead atoms. The van der Waals surface area contributed by atoms with E-state index in [4.69, 9.17) is 0 Å². The van der Waals surface area contributed by atoms with E-state index in [2.05, 4.69) is 60.7 Å². The fourth-order valence-corrected chi connectivity index (χ4v) is 4.57. The molecule has 0 aliphatic carbocycles. The molecule has 3 heterocycles. The third kappa shape index (κ3) is 2.30. The van der Waals surface area contributed by atoms with Crippen molar-refractivity contribution in [2.75, 3.05) is 19.6 Å². The third-order valence-electron chi connectivity index (χ3n) is 5.73. The molecule has 5 rings (SSSR count). The largest absolute Gasteiger partial charge is 0.314 e. The predicted octanol–water partition coefficient (Wildman–Crippen LogP) is 4.41. The number of fused-ring (bicyclic) bond motifs is 3. The highest BCUT2D eigenvalue weighted by atomic mass is 15.4. The summed E-state index contributed by atoms with van der Waals surface area (Å²) in [4.78, 5) is 0. The van der Waals surface area contributed by atoms with Gasteiger partial charge in [0.05, 0.1) is 19.6 Å². The third-order valence-corrected chi connectivity index (χ3v) is 5.73. The van der Waals surface area contributed by atoms with E-state index in [1.54, 1.807) is 0 Å². The lowest BCUT2D eigenvalue weighted by atomic mass is 9.81. The Morgan fingerprint density at radius 2 is 1.10 bits per heavy atom. The Morgan fingerprint density at radius 1 is 0.667 bits per heavy atom. The fraction of sp³-hybridized carbons (Fsp3) is 0.400. The van der Waals surface area contributed by atoms with Crippen molar-refractivity contribution >= 4 is 0 Å². The lowest BCUT2D eigenvalue weighted by Gasteiger charge is -2.53. The van der Waals surface area contributed by atoms with Crippen molar-refractivity contribution in [2.24, 2.45) is 5.92 Å². The number of benzene rings is 2. The summed E-state index contributed by atoms with van der Waals surface area (Å²) in [6.07, 6.45) is 4.28. The minimum Gasteiger partial charge on any atom is -0.314 e. The lowest BCUT2D eigenvalue weighted by Crippen LogP contribution is -2.60. The molecule has 3 fully saturated rings. The zero-order valence-corrected chi connectivity index (χ0v) is 12.6. The van der Waals surface area contributed by atoms with Crippen LogP contribution in [0.3, 0.4) is 0 Å². The first-order valence-electron chi connectivity index (χ1n) is 8.33. The zero-order valence-electron chi connectivity index (χ0n) is 12.6. The highest BCUT2D eigenvalue weighted by Crippen LogP contribution is 2.44. The van der Waals surface area contributed by atoms with Crippen molar-refractivity contribution in [3.8, 4) is 0 Å². The molecule has 1 nitrogen and oxygen atoms in total. The van der Waals surface area contributed by atoms with Crippen molar-refractivity contribution in [1.82, 2.24) is 0 Å². The van der Waals surface area contributed by atoms with Crippen LogP contribution in [0.25, 0.3) is 0 Å². The summed E-state index contributed by atoms with van der Waals surface area (Å²) in [6, 6.07) is 22.9. The maximum Gasteiger partial charge on any atom is 0.140 e. The lowest BCUT2D eigenvalue weighted by molar-refractivity contribution is -0.965. The number of rotatable bonds is 3. The van der Waals surface area contributed by atoms with Gasteiger partial charge < -0.3 is 4.48 Å². The Kier molecular flexibility index (Phi) is 3.31. The molecule has 3 aliphatic rings. The highest BCUT2D eigenvalue weighted by Gasteiger charge is 2.46. The normalized spacial score (nSPS) is 28.0. The number of nitrogens with zero attached hydrogens (tertiary/aromatic N) is 1. The van der Waals surface area contributed by atoms with Crippen LogP contribution in [0, 0.1) is 5.92 Å². The van der Waals surface area contributed by atoms with E-state index in [1.165, 1.54) is 54.5 Å². The van der Waals surface area contributed by atoms with Gasteiger partial charge in [-0.3, -0.25) is 0 Å². The minimum atomic E-state index is 0.522. The van der Waals surface area contributed by atoms with Crippen LogP contribution in [0.4, 0.5) is 0 Å². The van der Waals surface area contributed by atoms with Gasteiger partial charge in [0.25, 0.3) is 0 Å². The molecule has 2 aromatic rings. The maximum absolute atomic E-state index is 2.32. The quantitative estimate of drug-likeness (QED) is 0.730. The van der Waals surface area contributed by atoms with Gasteiger partial charge in [-0.15, -0.1) is 0 Å². The second-order valence-corrected chi connectivity index (χ2v) is 6.85. The molecule has 3 saturated heterocycles. The van der Waals surface area contributed by atoms with E-state index in [9.17, 15) is 0 Å². The summed E-state index contributed by atoms with van der Waals surface area (Å²) in [7, 11) is 0. The Bertz CT molecular complexity index is 528. The molecule has 0 radical (unpaired) electrons. The molecule has 21 heavy (non-hydrogen) atoms. The van der Waals surface area contributed by atoms with Gasteiger partial charge in [0.1, 0.15) is 6.04 Å². The van der Waals surface area contributed by atoms with E-state index in [-0.39, 0.29) is 0 Å². The summed E-state index contributed by atoms with van der Waals surface area (Å²) in [5.41, 5.74) is 2.98. The van der Waals surface area contributed by atoms with Gasteiger partial charge in [-0.2, -0.15) is 0 Å². The van der Waals surface area contributed by atoms with Crippen molar-refractivity contribution in [2.45, 2.75) is 25.3 Å². The average molecular weight is 278 g/mol. The van der Waals surface area contributed by atoms with E-state index in [0.717, 1.165) is 5.92 Å². The van der Waals surface area contributed by atoms with Gasteiger partial charge in [0.2, 0.25) is 0 Å².